The fraction of sp³-hybridized carbons (Fsp3) is 0.562. The topological polar surface area (TPSA) is 102 Å². The molecule has 2 aromatic rings. The Balaban J connectivity index is 1.52. The van der Waals surface area contributed by atoms with Gasteiger partial charge in [0.2, 0.25) is 15.9 Å². The maximum absolute atomic E-state index is 15.9. The highest BCUT2D eigenvalue weighted by Crippen LogP contribution is 2.52. The average Bonchev–Trinajstić information content (AvgIpc) is 3.46. The number of hydrogen-bond donors (Lipinski definition) is 2. The number of nitrogens with one attached hydrogen (secondary N) is 2. The van der Waals surface area contributed by atoms with E-state index in [2.05, 4.69) is 16.7 Å². The molecule has 4 atom stereocenters. The van der Waals surface area contributed by atoms with Crippen molar-refractivity contribution in [2.24, 2.45) is 5.41 Å². The number of benzene rings is 2. The first kappa shape index (κ1) is 33.1. The maximum Gasteiger partial charge on any atom is 0.238 e. The standard InChI is InChI=1S/C32H38Cl2F2N4O3S/c1-31(2,3)17-26-32(18-37,23-13-8-19(33)16-25(23)35)27(22-6-4-7-24(34)28(22)36)29(39-26)30(41)38-20-9-11-21(12-10-20)40-14-5-15-44(40,42)43/h4,6-8,13,16,20-21,26-27,29,39H,5,9-12,14-15,17H2,1-3H3,(H,38,41). The van der Waals surface area contributed by atoms with Gasteiger partial charge in [0.25, 0.3) is 0 Å². The van der Waals surface area contributed by atoms with Crippen LogP contribution in [-0.2, 0) is 20.2 Å². The van der Waals surface area contributed by atoms with Crippen molar-refractivity contribution in [2.45, 2.75) is 94.8 Å². The van der Waals surface area contributed by atoms with E-state index in [0.29, 0.717) is 45.1 Å². The minimum absolute atomic E-state index is 0.0261. The normalized spacial score (nSPS) is 30.6. The fourth-order valence-corrected chi connectivity index (χ4v) is 9.57. The minimum Gasteiger partial charge on any atom is -0.352 e. The quantitative estimate of drug-likeness (QED) is 0.391. The number of amides is 1. The van der Waals surface area contributed by atoms with Gasteiger partial charge in [-0.2, -0.15) is 9.57 Å². The molecule has 0 bridgehead atoms. The highest BCUT2D eigenvalue weighted by molar-refractivity contribution is 7.89. The van der Waals surface area contributed by atoms with Gasteiger partial charge in [-0.3, -0.25) is 4.79 Å². The van der Waals surface area contributed by atoms with Gasteiger partial charge in [-0.15, -0.1) is 0 Å². The van der Waals surface area contributed by atoms with Gasteiger partial charge in [0.05, 0.1) is 22.9 Å². The minimum atomic E-state index is -3.24. The number of halogens is 4. The molecular weight excluding hydrogens is 629 g/mol. The predicted octanol–water partition coefficient (Wildman–Crippen LogP) is 6.06. The highest BCUT2D eigenvalue weighted by atomic mass is 35.5. The Hall–Kier alpha value is -2.29. The number of nitrogens with zero attached hydrogens (tertiary/aromatic N) is 2. The lowest BCUT2D eigenvalue weighted by atomic mass is 9.62. The molecule has 44 heavy (non-hydrogen) atoms. The molecule has 238 valence electrons. The van der Waals surface area contributed by atoms with Gasteiger partial charge in [0, 0.05) is 41.2 Å². The molecule has 2 aromatic carbocycles. The van der Waals surface area contributed by atoms with Crippen LogP contribution in [0.25, 0.3) is 0 Å². The molecule has 1 amide bonds. The summed E-state index contributed by atoms with van der Waals surface area (Å²) in [6, 6.07) is 8.70. The van der Waals surface area contributed by atoms with Crippen LogP contribution in [0.2, 0.25) is 10.0 Å². The molecule has 12 heteroatoms. The molecule has 7 nitrogen and oxygen atoms in total. The van der Waals surface area contributed by atoms with E-state index >= 15 is 8.78 Å². The molecule has 2 N–H and O–H groups in total. The van der Waals surface area contributed by atoms with E-state index in [9.17, 15) is 18.5 Å². The molecule has 3 aliphatic rings. The van der Waals surface area contributed by atoms with E-state index in [1.807, 2.05) is 20.8 Å². The van der Waals surface area contributed by atoms with Crippen LogP contribution in [0, 0.1) is 28.4 Å². The SMILES string of the molecule is CC(C)(C)CC1NC(C(=O)NC2CCC(N3CCCS3(=O)=O)CC2)C(c2cccc(Cl)c2F)C1(C#N)c1ccc(Cl)cc1F. The Morgan fingerprint density at radius 3 is 2.45 bits per heavy atom. The summed E-state index contributed by atoms with van der Waals surface area (Å²) >= 11 is 12.3. The van der Waals surface area contributed by atoms with Crippen molar-refractivity contribution in [3.63, 3.8) is 0 Å². The summed E-state index contributed by atoms with van der Waals surface area (Å²) in [6.07, 6.45) is 3.37. The van der Waals surface area contributed by atoms with E-state index in [1.165, 1.54) is 24.3 Å². The Morgan fingerprint density at radius 2 is 1.86 bits per heavy atom. The van der Waals surface area contributed by atoms with Gasteiger partial charge in [0.1, 0.15) is 17.0 Å². The zero-order valence-corrected chi connectivity index (χ0v) is 27.4. The summed E-state index contributed by atoms with van der Waals surface area (Å²) in [5, 5.41) is 17.4. The van der Waals surface area contributed by atoms with Crippen LogP contribution in [0.4, 0.5) is 8.78 Å². The molecule has 1 saturated carbocycles. The third-order valence-electron chi connectivity index (χ3n) is 9.32. The van der Waals surface area contributed by atoms with Gasteiger partial charge in [-0.05, 0) is 67.7 Å². The molecule has 2 aliphatic heterocycles. The summed E-state index contributed by atoms with van der Waals surface area (Å²) in [5.41, 5.74) is -1.98. The van der Waals surface area contributed by atoms with Crippen LogP contribution in [-0.4, -0.2) is 55.1 Å². The summed E-state index contributed by atoms with van der Waals surface area (Å²) in [6.45, 7) is 6.47. The van der Waals surface area contributed by atoms with Gasteiger partial charge in [-0.25, -0.2) is 17.2 Å². The molecule has 0 aromatic heterocycles. The maximum atomic E-state index is 15.9. The van der Waals surface area contributed by atoms with Crippen LogP contribution in [0.3, 0.4) is 0 Å². The average molecular weight is 668 g/mol. The van der Waals surface area contributed by atoms with Crippen molar-refractivity contribution in [3.05, 3.63) is 69.2 Å². The van der Waals surface area contributed by atoms with E-state index in [1.54, 1.807) is 10.4 Å². The van der Waals surface area contributed by atoms with Crippen LogP contribution in [0.15, 0.2) is 36.4 Å². The van der Waals surface area contributed by atoms with Gasteiger partial charge < -0.3 is 10.6 Å². The van der Waals surface area contributed by atoms with Crippen molar-refractivity contribution in [3.8, 4) is 6.07 Å². The molecule has 0 radical (unpaired) electrons. The zero-order valence-electron chi connectivity index (χ0n) is 25.0. The molecule has 3 fully saturated rings. The van der Waals surface area contributed by atoms with E-state index in [-0.39, 0.29) is 44.4 Å². The van der Waals surface area contributed by atoms with E-state index in [4.69, 9.17) is 23.2 Å². The first-order valence-electron chi connectivity index (χ1n) is 15.0. The van der Waals surface area contributed by atoms with Crippen LogP contribution in [0.5, 0.6) is 0 Å². The lowest BCUT2D eigenvalue weighted by Gasteiger charge is -2.37. The number of nitriles is 1. The predicted molar refractivity (Wildman–Crippen MR) is 167 cm³/mol. The number of hydrogen-bond acceptors (Lipinski definition) is 5. The molecule has 2 heterocycles. The first-order chi connectivity index (χ1) is 20.7. The number of rotatable bonds is 6. The molecular formula is C32H38Cl2F2N4O3S. The van der Waals surface area contributed by atoms with Crippen molar-refractivity contribution >= 4 is 39.1 Å². The largest absolute Gasteiger partial charge is 0.352 e. The van der Waals surface area contributed by atoms with Crippen molar-refractivity contribution in [1.29, 1.82) is 5.26 Å². The number of carbonyl (C=O) groups is 1. The van der Waals surface area contributed by atoms with Crippen molar-refractivity contribution < 1.29 is 22.0 Å². The monoisotopic (exact) mass is 666 g/mol. The van der Waals surface area contributed by atoms with Crippen LogP contribution in [0.1, 0.15) is 76.3 Å². The van der Waals surface area contributed by atoms with Crippen LogP contribution >= 0.6 is 23.2 Å². The van der Waals surface area contributed by atoms with Gasteiger partial charge in [0.15, 0.2) is 0 Å². The van der Waals surface area contributed by atoms with E-state index in [0.717, 1.165) is 6.07 Å². The molecule has 0 spiro atoms. The van der Waals surface area contributed by atoms with Gasteiger partial charge >= 0.3 is 0 Å². The summed E-state index contributed by atoms with van der Waals surface area (Å²) in [4.78, 5) is 14.2. The van der Waals surface area contributed by atoms with Crippen molar-refractivity contribution in [2.75, 3.05) is 12.3 Å². The molecule has 5 rings (SSSR count). The number of carbonyl (C=O) groups excluding carboxylic acids is 1. The second-order valence-corrected chi connectivity index (χ2v) is 16.4. The third kappa shape index (κ3) is 6.23. The second-order valence-electron chi connectivity index (χ2n) is 13.5. The Labute approximate surface area is 268 Å². The molecule has 1 aliphatic carbocycles. The zero-order chi connectivity index (χ0) is 32.0. The second kappa shape index (κ2) is 12.5. The lowest BCUT2D eigenvalue weighted by Crippen LogP contribution is -2.50. The summed E-state index contributed by atoms with van der Waals surface area (Å²) in [5.74, 6) is -2.89. The summed E-state index contributed by atoms with van der Waals surface area (Å²) < 4.78 is 58.1. The summed E-state index contributed by atoms with van der Waals surface area (Å²) in [7, 11) is -3.24. The number of sulfonamides is 1. The van der Waals surface area contributed by atoms with E-state index < -0.39 is 51.0 Å². The highest BCUT2D eigenvalue weighted by Gasteiger charge is 2.61. The molecule has 4 unspecified atom stereocenters. The Bertz CT molecular complexity index is 1570. The van der Waals surface area contributed by atoms with Crippen LogP contribution < -0.4 is 10.6 Å². The molecule has 2 saturated heterocycles. The fourth-order valence-electron chi connectivity index (χ4n) is 7.42. The third-order valence-corrected chi connectivity index (χ3v) is 11.8. The first-order valence-corrected chi connectivity index (χ1v) is 17.4. The smallest absolute Gasteiger partial charge is 0.238 e. The Morgan fingerprint density at radius 1 is 1.16 bits per heavy atom. The lowest BCUT2D eigenvalue weighted by molar-refractivity contribution is -0.124. The van der Waals surface area contributed by atoms with Gasteiger partial charge in [-0.1, -0.05) is 62.2 Å². The van der Waals surface area contributed by atoms with Crippen molar-refractivity contribution in [1.82, 2.24) is 14.9 Å². The Kier molecular flexibility index (Phi) is 9.39.